The molecule has 2 heteroatoms. The third-order valence-electron chi connectivity index (χ3n) is 11.5. The molecule has 0 bridgehead atoms. The van der Waals surface area contributed by atoms with Crippen LogP contribution in [0.25, 0.3) is 53.6 Å². The Morgan fingerprint density at radius 2 is 1.20 bits per heavy atom. The lowest BCUT2D eigenvalue weighted by molar-refractivity contribution is 0.660. The van der Waals surface area contributed by atoms with E-state index in [4.69, 9.17) is 0 Å². The topological polar surface area (TPSA) is 3.24 Å². The number of rotatable bonds is 5. The van der Waals surface area contributed by atoms with Crippen LogP contribution < -0.4 is 4.90 Å². The molecule has 0 amide bonds. The zero-order chi connectivity index (χ0) is 34.1. The summed E-state index contributed by atoms with van der Waals surface area (Å²) in [5.74, 6) is 0. The first-order chi connectivity index (χ1) is 25.1. The van der Waals surface area contributed by atoms with E-state index in [1.165, 1.54) is 107 Å². The van der Waals surface area contributed by atoms with Gasteiger partial charge in [-0.05, 0) is 112 Å². The van der Waals surface area contributed by atoms with Gasteiger partial charge in [-0.3, -0.25) is 0 Å². The van der Waals surface area contributed by atoms with Gasteiger partial charge in [-0.1, -0.05) is 129 Å². The molecule has 10 rings (SSSR count). The first-order valence-corrected chi connectivity index (χ1v) is 19.1. The number of hydrogen-bond donors (Lipinski definition) is 0. The predicted octanol–water partition coefficient (Wildman–Crippen LogP) is 14.0. The van der Waals surface area contributed by atoms with Gasteiger partial charge in [-0.15, -0.1) is 11.3 Å². The highest BCUT2D eigenvalue weighted by molar-refractivity contribution is 7.26. The van der Waals surface area contributed by atoms with Crippen LogP contribution in [0, 0.1) is 0 Å². The molecule has 246 valence electrons. The molecule has 2 aliphatic rings. The SMILES string of the molecule is CC1(C)c2ccccc2-c2cc(-c3ccc(-c4cccc5c4CCCC5)cc3)c(N(c3ccccc3)c3cccc4c3sc3ccccc34)cc21. The number of thiophene rings is 1. The lowest BCUT2D eigenvalue weighted by atomic mass is 9.81. The van der Waals surface area contributed by atoms with Crippen molar-refractivity contribution in [2.45, 2.75) is 44.9 Å². The molecule has 0 spiro atoms. The Morgan fingerprint density at radius 1 is 0.510 bits per heavy atom. The molecule has 0 atom stereocenters. The summed E-state index contributed by atoms with van der Waals surface area (Å²) in [5.41, 5.74) is 17.1. The number of fused-ring (bicyclic) bond motifs is 7. The Bertz CT molecular complexity index is 2610. The van der Waals surface area contributed by atoms with Crippen LogP contribution in [0.15, 0.2) is 152 Å². The van der Waals surface area contributed by atoms with Crippen LogP contribution in [-0.2, 0) is 18.3 Å². The van der Waals surface area contributed by atoms with E-state index in [0.29, 0.717) is 0 Å². The molecule has 0 radical (unpaired) electrons. The maximum absolute atomic E-state index is 2.52. The van der Waals surface area contributed by atoms with Gasteiger partial charge in [0.25, 0.3) is 0 Å². The van der Waals surface area contributed by atoms with E-state index in [1.807, 2.05) is 11.3 Å². The second-order valence-electron chi connectivity index (χ2n) is 14.7. The van der Waals surface area contributed by atoms with Gasteiger partial charge in [0.05, 0.1) is 16.1 Å². The summed E-state index contributed by atoms with van der Waals surface area (Å²) < 4.78 is 2.62. The minimum absolute atomic E-state index is 0.124. The minimum atomic E-state index is -0.124. The molecular weight excluding hydrogens is 635 g/mol. The number of hydrogen-bond acceptors (Lipinski definition) is 2. The first-order valence-electron chi connectivity index (χ1n) is 18.3. The van der Waals surface area contributed by atoms with E-state index in [-0.39, 0.29) is 5.41 Å². The smallest absolute Gasteiger partial charge is 0.0640 e. The molecule has 0 N–H and O–H groups in total. The average Bonchev–Trinajstić information content (AvgIpc) is 3.67. The quantitative estimate of drug-likeness (QED) is 0.176. The standard InChI is InChI=1S/C49H39NS/c1-49(2)43-23-10-8-19-38(43)42-30-41(34-28-26-33(27-29-34)37-21-12-15-32-14-6-7-18-36(32)37)46(31-44(42)49)50(35-16-4-3-5-17-35)45-24-13-22-40-39-20-9-11-25-47(39)51-48(40)45/h3-5,8-13,15-17,19-31H,6-7,14,18H2,1-2H3. The fraction of sp³-hybridized carbons (Fsp3) is 0.143. The van der Waals surface area contributed by atoms with Gasteiger partial charge in [-0.25, -0.2) is 0 Å². The van der Waals surface area contributed by atoms with Crippen molar-refractivity contribution >= 4 is 48.6 Å². The molecule has 1 aromatic heterocycles. The highest BCUT2D eigenvalue weighted by Gasteiger charge is 2.37. The fourth-order valence-electron chi connectivity index (χ4n) is 8.93. The van der Waals surface area contributed by atoms with Crippen LogP contribution in [0.2, 0.25) is 0 Å². The van der Waals surface area contributed by atoms with Gasteiger partial charge < -0.3 is 4.90 Å². The molecule has 0 saturated heterocycles. The molecule has 1 heterocycles. The summed E-state index contributed by atoms with van der Waals surface area (Å²) in [6.45, 7) is 4.77. The van der Waals surface area contributed by atoms with Crippen LogP contribution >= 0.6 is 11.3 Å². The van der Waals surface area contributed by atoms with E-state index >= 15 is 0 Å². The van der Waals surface area contributed by atoms with Crippen molar-refractivity contribution in [3.63, 3.8) is 0 Å². The minimum Gasteiger partial charge on any atom is -0.308 e. The highest BCUT2D eigenvalue weighted by atomic mass is 32.1. The molecule has 0 fully saturated rings. The van der Waals surface area contributed by atoms with Gasteiger partial charge in [0.2, 0.25) is 0 Å². The largest absolute Gasteiger partial charge is 0.308 e. The Hall–Kier alpha value is -5.44. The second kappa shape index (κ2) is 11.8. The zero-order valence-corrected chi connectivity index (χ0v) is 29.9. The molecule has 0 unspecified atom stereocenters. The molecule has 7 aromatic carbocycles. The van der Waals surface area contributed by atoms with Crippen molar-refractivity contribution < 1.29 is 0 Å². The van der Waals surface area contributed by atoms with Crippen molar-refractivity contribution in [3.8, 4) is 33.4 Å². The maximum Gasteiger partial charge on any atom is 0.0640 e. The van der Waals surface area contributed by atoms with Crippen molar-refractivity contribution in [2.24, 2.45) is 0 Å². The molecule has 51 heavy (non-hydrogen) atoms. The van der Waals surface area contributed by atoms with Crippen LogP contribution in [0.1, 0.15) is 48.9 Å². The number of aryl methyl sites for hydroxylation is 1. The van der Waals surface area contributed by atoms with Crippen LogP contribution in [0.5, 0.6) is 0 Å². The normalized spacial score (nSPS) is 14.3. The average molecular weight is 674 g/mol. The monoisotopic (exact) mass is 673 g/mol. The molecule has 2 aliphatic carbocycles. The highest BCUT2D eigenvalue weighted by Crippen LogP contribution is 2.54. The van der Waals surface area contributed by atoms with E-state index in [1.54, 1.807) is 5.56 Å². The van der Waals surface area contributed by atoms with Crippen molar-refractivity contribution in [2.75, 3.05) is 4.90 Å². The van der Waals surface area contributed by atoms with Gasteiger partial charge in [-0.2, -0.15) is 0 Å². The summed E-state index contributed by atoms with van der Waals surface area (Å²) in [5, 5.41) is 2.62. The van der Waals surface area contributed by atoms with Gasteiger partial charge in [0, 0.05) is 32.1 Å². The van der Waals surface area contributed by atoms with E-state index in [9.17, 15) is 0 Å². The van der Waals surface area contributed by atoms with Gasteiger partial charge in [0.1, 0.15) is 0 Å². The van der Waals surface area contributed by atoms with Crippen LogP contribution in [0.3, 0.4) is 0 Å². The Morgan fingerprint density at radius 3 is 2.06 bits per heavy atom. The number of para-hydroxylation sites is 1. The summed E-state index contributed by atoms with van der Waals surface area (Å²) in [4.78, 5) is 2.52. The lowest BCUT2D eigenvalue weighted by Gasteiger charge is -2.31. The predicted molar refractivity (Wildman–Crippen MR) is 219 cm³/mol. The number of anilines is 3. The van der Waals surface area contributed by atoms with E-state index < -0.39 is 0 Å². The lowest BCUT2D eigenvalue weighted by Crippen LogP contribution is -2.17. The van der Waals surface area contributed by atoms with Crippen LogP contribution in [-0.4, -0.2) is 0 Å². The van der Waals surface area contributed by atoms with Crippen molar-refractivity contribution in [1.29, 1.82) is 0 Å². The summed E-state index contributed by atoms with van der Waals surface area (Å²) in [6.07, 6.45) is 4.94. The fourth-order valence-corrected chi connectivity index (χ4v) is 10.1. The van der Waals surface area contributed by atoms with Gasteiger partial charge in [0.15, 0.2) is 0 Å². The third kappa shape index (κ3) is 4.81. The Balaban J connectivity index is 1.23. The molecular formula is C49H39NS. The summed E-state index contributed by atoms with van der Waals surface area (Å²) in [6, 6.07) is 56.9. The zero-order valence-electron chi connectivity index (χ0n) is 29.1. The first kappa shape index (κ1) is 30.4. The summed E-state index contributed by atoms with van der Waals surface area (Å²) >= 11 is 1.89. The molecule has 1 nitrogen and oxygen atoms in total. The third-order valence-corrected chi connectivity index (χ3v) is 12.7. The molecule has 8 aromatic rings. The van der Waals surface area contributed by atoms with Crippen molar-refractivity contribution in [1.82, 2.24) is 0 Å². The molecule has 0 aliphatic heterocycles. The maximum atomic E-state index is 2.52. The Kier molecular flexibility index (Phi) is 7.05. The second-order valence-corrected chi connectivity index (χ2v) is 15.8. The van der Waals surface area contributed by atoms with E-state index in [2.05, 4.69) is 170 Å². The van der Waals surface area contributed by atoms with Crippen LogP contribution in [0.4, 0.5) is 17.1 Å². The number of benzene rings is 7. The number of nitrogens with zero attached hydrogens (tertiary/aromatic N) is 1. The van der Waals surface area contributed by atoms with Gasteiger partial charge >= 0.3 is 0 Å². The molecule has 0 saturated carbocycles. The Labute approximate surface area is 304 Å². The van der Waals surface area contributed by atoms with Crippen molar-refractivity contribution in [3.05, 3.63) is 174 Å². The summed E-state index contributed by atoms with van der Waals surface area (Å²) in [7, 11) is 0. The van der Waals surface area contributed by atoms with E-state index in [0.717, 1.165) is 5.69 Å².